The highest BCUT2D eigenvalue weighted by Crippen LogP contribution is 2.25. The summed E-state index contributed by atoms with van der Waals surface area (Å²) in [5.41, 5.74) is 2.52. The van der Waals surface area contributed by atoms with Gasteiger partial charge in [-0.3, -0.25) is 9.48 Å². The second-order valence-corrected chi connectivity index (χ2v) is 5.67. The van der Waals surface area contributed by atoms with Crippen molar-refractivity contribution in [3.05, 3.63) is 17.0 Å². The standard InChI is InChI=1S/C15H27N3O2/c1-7-13-11(4)17-18(12(13)5)10(3)9-15(6,14(19)20)16-8-2/h10,16H,7-9H2,1-6H3,(H,19,20). The Morgan fingerprint density at radius 2 is 2.05 bits per heavy atom. The van der Waals surface area contributed by atoms with Gasteiger partial charge >= 0.3 is 5.97 Å². The van der Waals surface area contributed by atoms with Gasteiger partial charge < -0.3 is 10.4 Å². The van der Waals surface area contributed by atoms with Crippen molar-refractivity contribution in [3.63, 3.8) is 0 Å². The third-order valence-corrected chi connectivity index (χ3v) is 3.99. The molecule has 0 fully saturated rings. The second kappa shape index (κ2) is 6.39. The van der Waals surface area contributed by atoms with Crippen LogP contribution in [0, 0.1) is 13.8 Å². The van der Waals surface area contributed by atoms with E-state index in [1.165, 1.54) is 5.56 Å². The molecule has 0 bridgehead atoms. The highest BCUT2D eigenvalue weighted by atomic mass is 16.4. The van der Waals surface area contributed by atoms with Crippen molar-refractivity contribution in [2.75, 3.05) is 6.54 Å². The Kier molecular flexibility index (Phi) is 5.34. The van der Waals surface area contributed by atoms with Crippen molar-refractivity contribution in [1.82, 2.24) is 15.1 Å². The van der Waals surface area contributed by atoms with Gasteiger partial charge in [0.05, 0.1) is 11.7 Å². The quantitative estimate of drug-likeness (QED) is 0.805. The first-order valence-corrected chi connectivity index (χ1v) is 7.29. The first kappa shape index (κ1) is 16.7. The van der Waals surface area contributed by atoms with Gasteiger partial charge in [-0.15, -0.1) is 0 Å². The number of aliphatic carboxylic acids is 1. The Labute approximate surface area is 121 Å². The maximum atomic E-state index is 11.5. The maximum absolute atomic E-state index is 11.5. The van der Waals surface area contributed by atoms with Crippen LogP contribution in [0.4, 0.5) is 0 Å². The van der Waals surface area contributed by atoms with Crippen LogP contribution in [0.1, 0.15) is 57.1 Å². The van der Waals surface area contributed by atoms with Crippen LogP contribution in [-0.4, -0.2) is 32.9 Å². The van der Waals surface area contributed by atoms with E-state index in [0.717, 1.165) is 17.8 Å². The first-order valence-electron chi connectivity index (χ1n) is 7.29. The maximum Gasteiger partial charge on any atom is 0.323 e. The lowest BCUT2D eigenvalue weighted by Gasteiger charge is -2.29. The van der Waals surface area contributed by atoms with Crippen LogP contribution in [0.25, 0.3) is 0 Å². The summed E-state index contributed by atoms with van der Waals surface area (Å²) in [7, 11) is 0. The van der Waals surface area contributed by atoms with Crippen molar-refractivity contribution in [3.8, 4) is 0 Å². The Hall–Kier alpha value is -1.36. The lowest BCUT2D eigenvalue weighted by atomic mass is 9.93. The van der Waals surface area contributed by atoms with Crippen LogP contribution in [0.15, 0.2) is 0 Å². The van der Waals surface area contributed by atoms with Gasteiger partial charge in [0.2, 0.25) is 0 Å². The summed E-state index contributed by atoms with van der Waals surface area (Å²) in [5.74, 6) is -0.816. The minimum absolute atomic E-state index is 0.0362. The van der Waals surface area contributed by atoms with E-state index >= 15 is 0 Å². The largest absolute Gasteiger partial charge is 0.480 e. The highest BCUT2D eigenvalue weighted by Gasteiger charge is 2.34. The van der Waals surface area contributed by atoms with Crippen molar-refractivity contribution in [2.45, 2.75) is 66.0 Å². The molecule has 0 aliphatic carbocycles. The summed E-state index contributed by atoms with van der Waals surface area (Å²) >= 11 is 0. The lowest BCUT2D eigenvalue weighted by Crippen LogP contribution is -2.50. The molecule has 0 saturated carbocycles. The number of nitrogens with one attached hydrogen (secondary N) is 1. The molecule has 0 spiro atoms. The van der Waals surface area contributed by atoms with Crippen molar-refractivity contribution in [1.29, 1.82) is 0 Å². The third-order valence-electron chi connectivity index (χ3n) is 3.99. The average molecular weight is 281 g/mol. The Morgan fingerprint density at radius 3 is 2.45 bits per heavy atom. The molecule has 0 radical (unpaired) electrons. The van der Waals surface area contributed by atoms with E-state index in [2.05, 4.69) is 24.3 Å². The summed E-state index contributed by atoms with van der Waals surface area (Å²) in [6, 6.07) is 0.0362. The van der Waals surface area contributed by atoms with Crippen molar-refractivity contribution >= 4 is 5.97 Å². The van der Waals surface area contributed by atoms with Crippen LogP contribution in [0.3, 0.4) is 0 Å². The fraction of sp³-hybridized carbons (Fsp3) is 0.733. The third kappa shape index (κ3) is 3.20. The molecule has 0 amide bonds. The van der Waals surface area contributed by atoms with Crippen molar-refractivity contribution < 1.29 is 9.90 Å². The molecule has 1 heterocycles. The minimum atomic E-state index is -0.924. The molecule has 0 saturated heterocycles. The second-order valence-electron chi connectivity index (χ2n) is 5.67. The first-order chi connectivity index (χ1) is 9.26. The summed E-state index contributed by atoms with van der Waals surface area (Å²) in [4.78, 5) is 11.5. The number of nitrogens with zero attached hydrogens (tertiary/aromatic N) is 2. The van der Waals surface area contributed by atoms with Gasteiger partial charge in [-0.05, 0) is 52.6 Å². The van der Waals surface area contributed by atoms with E-state index < -0.39 is 11.5 Å². The molecule has 20 heavy (non-hydrogen) atoms. The van der Waals surface area contributed by atoms with Gasteiger partial charge in [0.25, 0.3) is 0 Å². The number of carboxylic acid groups (broad SMARTS) is 1. The summed E-state index contributed by atoms with van der Waals surface area (Å²) in [6.07, 6.45) is 1.45. The number of rotatable bonds is 7. The molecule has 2 atom stereocenters. The zero-order chi connectivity index (χ0) is 15.5. The topological polar surface area (TPSA) is 67.2 Å². The zero-order valence-electron chi connectivity index (χ0n) is 13.4. The van der Waals surface area contributed by atoms with Gasteiger partial charge in [-0.25, -0.2) is 0 Å². The van der Waals surface area contributed by atoms with Gasteiger partial charge in [-0.1, -0.05) is 13.8 Å². The Bertz CT molecular complexity index is 482. The van der Waals surface area contributed by atoms with E-state index in [0.29, 0.717) is 13.0 Å². The summed E-state index contributed by atoms with van der Waals surface area (Å²) < 4.78 is 1.96. The van der Waals surface area contributed by atoms with Gasteiger partial charge in [0.15, 0.2) is 0 Å². The normalized spacial score (nSPS) is 15.9. The number of carboxylic acids is 1. The monoisotopic (exact) mass is 281 g/mol. The number of carbonyl (C=O) groups is 1. The van der Waals surface area contributed by atoms with Gasteiger partial charge in [-0.2, -0.15) is 5.10 Å². The summed E-state index contributed by atoms with van der Waals surface area (Å²) in [5, 5.41) is 17.1. The molecular formula is C15H27N3O2. The molecule has 5 nitrogen and oxygen atoms in total. The average Bonchev–Trinajstić information content (AvgIpc) is 2.64. The predicted molar refractivity (Wildman–Crippen MR) is 80.1 cm³/mol. The van der Waals surface area contributed by atoms with E-state index in [4.69, 9.17) is 0 Å². The van der Waals surface area contributed by atoms with Crippen LogP contribution in [-0.2, 0) is 11.2 Å². The molecule has 1 aromatic rings. The number of hydrogen-bond acceptors (Lipinski definition) is 3. The SMILES string of the molecule is CCNC(C)(CC(C)n1nc(C)c(CC)c1C)C(=O)O. The highest BCUT2D eigenvalue weighted by molar-refractivity contribution is 5.78. The molecule has 0 aromatic carbocycles. The number of likely N-dealkylation sites (N-methyl/N-ethyl adjacent to an activating group) is 1. The molecule has 5 heteroatoms. The smallest absolute Gasteiger partial charge is 0.323 e. The lowest BCUT2D eigenvalue weighted by molar-refractivity contribution is -0.144. The Balaban J connectivity index is 3.01. The zero-order valence-corrected chi connectivity index (χ0v) is 13.4. The molecule has 1 aromatic heterocycles. The molecule has 0 aliphatic rings. The van der Waals surface area contributed by atoms with Gasteiger partial charge in [0.1, 0.15) is 5.54 Å². The van der Waals surface area contributed by atoms with E-state index in [1.807, 2.05) is 25.5 Å². The molecule has 1 rings (SSSR count). The van der Waals surface area contributed by atoms with Crippen molar-refractivity contribution in [2.24, 2.45) is 0 Å². The van der Waals surface area contributed by atoms with Crippen LogP contribution >= 0.6 is 0 Å². The molecule has 2 unspecified atom stereocenters. The van der Waals surface area contributed by atoms with Gasteiger partial charge in [0, 0.05) is 5.69 Å². The Morgan fingerprint density at radius 1 is 1.45 bits per heavy atom. The number of aromatic nitrogens is 2. The molecule has 114 valence electrons. The minimum Gasteiger partial charge on any atom is -0.480 e. The number of aryl methyl sites for hydroxylation is 1. The fourth-order valence-electron chi connectivity index (χ4n) is 2.94. The molecular weight excluding hydrogens is 254 g/mol. The van der Waals surface area contributed by atoms with Crippen LogP contribution < -0.4 is 5.32 Å². The fourth-order valence-corrected chi connectivity index (χ4v) is 2.94. The van der Waals surface area contributed by atoms with E-state index in [-0.39, 0.29) is 6.04 Å². The van der Waals surface area contributed by atoms with Crippen LogP contribution in [0.5, 0.6) is 0 Å². The summed E-state index contributed by atoms with van der Waals surface area (Å²) in [6.45, 7) is 12.5. The predicted octanol–water partition coefficient (Wildman–Crippen LogP) is 2.47. The van der Waals surface area contributed by atoms with E-state index in [9.17, 15) is 9.90 Å². The number of hydrogen-bond donors (Lipinski definition) is 2. The van der Waals surface area contributed by atoms with Crippen LogP contribution in [0.2, 0.25) is 0 Å². The molecule has 2 N–H and O–H groups in total. The molecule has 0 aliphatic heterocycles. The van der Waals surface area contributed by atoms with E-state index in [1.54, 1.807) is 6.92 Å².